The molecule has 0 atom stereocenters. The third kappa shape index (κ3) is 2.45. The lowest BCUT2D eigenvalue weighted by molar-refractivity contribution is 0.0171. The molecule has 0 radical (unpaired) electrons. The van der Waals surface area contributed by atoms with E-state index in [1.807, 2.05) is 0 Å². The van der Waals surface area contributed by atoms with Gasteiger partial charge in [-0.05, 0) is 35.4 Å². The standard InChI is InChI=1S/C12H13F2N5O/c1-12(13,14)8-2-3-9(15-6-8)7-18-11(20)19(17-16-18)10-4-5-10/h2-3,6,10H,4-5,7H2,1H3. The monoisotopic (exact) mass is 281 g/mol. The molecule has 0 bridgehead atoms. The number of tetrazole rings is 1. The number of halogens is 2. The summed E-state index contributed by atoms with van der Waals surface area (Å²) in [5, 5.41) is 7.57. The molecular formula is C12H13F2N5O. The molecular weight excluding hydrogens is 268 g/mol. The van der Waals surface area contributed by atoms with E-state index in [9.17, 15) is 13.6 Å². The van der Waals surface area contributed by atoms with E-state index in [0.717, 1.165) is 26.0 Å². The summed E-state index contributed by atoms with van der Waals surface area (Å²) >= 11 is 0. The van der Waals surface area contributed by atoms with Gasteiger partial charge in [-0.15, -0.1) is 0 Å². The van der Waals surface area contributed by atoms with Crippen molar-refractivity contribution in [2.75, 3.05) is 0 Å². The Balaban J connectivity index is 1.79. The fourth-order valence-corrected chi connectivity index (χ4v) is 1.86. The minimum absolute atomic E-state index is 0.126. The number of pyridine rings is 1. The Bertz CT molecular complexity index is 666. The van der Waals surface area contributed by atoms with Crippen LogP contribution < -0.4 is 5.69 Å². The maximum absolute atomic E-state index is 13.1. The largest absolute Gasteiger partial charge is 0.364 e. The highest BCUT2D eigenvalue weighted by Gasteiger charge is 2.28. The van der Waals surface area contributed by atoms with E-state index in [1.54, 1.807) is 0 Å². The third-order valence-electron chi connectivity index (χ3n) is 3.20. The normalized spacial score (nSPS) is 15.6. The van der Waals surface area contributed by atoms with Crippen molar-refractivity contribution in [2.24, 2.45) is 0 Å². The lowest BCUT2D eigenvalue weighted by atomic mass is 10.1. The zero-order valence-corrected chi connectivity index (χ0v) is 10.8. The maximum Gasteiger partial charge on any atom is 0.364 e. The molecule has 20 heavy (non-hydrogen) atoms. The van der Waals surface area contributed by atoms with Crippen LogP contribution in [-0.2, 0) is 12.5 Å². The number of hydrogen-bond acceptors (Lipinski definition) is 4. The molecule has 3 rings (SSSR count). The van der Waals surface area contributed by atoms with Gasteiger partial charge in [0.25, 0.3) is 5.92 Å². The lowest BCUT2D eigenvalue weighted by Crippen LogP contribution is -2.25. The van der Waals surface area contributed by atoms with Crippen LogP contribution >= 0.6 is 0 Å². The van der Waals surface area contributed by atoms with Crippen LogP contribution in [0.4, 0.5) is 8.78 Å². The highest BCUT2D eigenvalue weighted by atomic mass is 19.3. The van der Waals surface area contributed by atoms with Gasteiger partial charge in [-0.25, -0.2) is 13.6 Å². The molecule has 106 valence electrons. The number of hydrogen-bond donors (Lipinski definition) is 0. The molecule has 0 amide bonds. The van der Waals surface area contributed by atoms with Crippen molar-refractivity contribution in [3.05, 3.63) is 40.1 Å². The average Bonchev–Trinajstić information content (AvgIpc) is 3.16. The minimum atomic E-state index is -2.92. The Morgan fingerprint density at radius 3 is 2.65 bits per heavy atom. The predicted molar refractivity (Wildman–Crippen MR) is 65.5 cm³/mol. The van der Waals surface area contributed by atoms with Crippen LogP contribution in [-0.4, -0.2) is 24.8 Å². The molecule has 8 heteroatoms. The lowest BCUT2D eigenvalue weighted by Gasteiger charge is -2.09. The van der Waals surface area contributed by atoms with Crippen LogP contribution in [0.5, 0.6) is 0 Å². The molecule has 0 N–H and O–H groups in total. The third-order valence-corrected chi connectivity index (χ3v) is 3.20. The molecule has 0 saturated heterocycles. The minimum Gasteiger partial charge on any atom is -0.259 e. The molecule has 2 aromatic rings. The van der Waals surface area contributed by atoms with Crippen molar-refractivity contribution in [1.29, 1.82) is 0 Å². The van der Waals surface area contributed by atoms with Crippen molar-refractivity contribution in [3.8, 4) is 0 Å². The van der Waals surface area contributed by atoms with Crippen molar-refractivity contribution in [2.45, 2.75) is 38.3 Å². The second-order valence-electron chi connectivity index (χ2n) is 5.02. The molecule has 0 spiro atoms. The van der Waals surface area contributed by atoms with Gasteiger partial charge in [-0.2, -0.15) is 9.36 Å². The van der Waals surface area contributed by atoms with Crippen molar-refractivity contribution in [3.63, 3.8) is 0 Å². The second kappa shape index (κ2) is 4.46. The Kier molecular flexibility index (Phi) is 2.88. The smallest absolute Gasteiger partial charge is 0.259 e. The number of nitrogens with zero attached hydrogens (tertiary/aromatic N) is 5. The molecule has 1 fully saturated rings. The molecule has 1 saturated carbocycles. The molecule has 0 unspecified atom stereocenters. The van der Waals surface area contributed by atoms with Crippen LogP contribution in [0.15, 0.2) is 23.1 Å². The maximum atomic E-state index is 13.1. The van der Waals surface area contributed by atoms with Crippen LogP contribution in [0.2, 0.25) is 0 Å². The van der Waals surface area contributed by atoms with Crippen LogP contribution in [0, 0.1) is 0 Å². The fourth-order valence-electron chi connectivity index (χ4n) is 1.86. The number of rotatable bonds is 4. The molecule has 6 nitrogen and oxygen atoms in total. The van der Waals surface area contributed by atoms with Gasteiger partial charge in [0.05, 0.1) is 18.3 Å². The summed E-state index contributed by atoms with van der Waals surface area (Å²) in [7, 11) is 0. The summed E-state index contributed by atoms with van der Waals surface area (Å²) in [6, 6.07) is 2.93. The SMILES string of the molecule is CC(F)(F)c1ccc(Cn2nnn(C3CC3)c2=O)nc1. The van der Waals surface area contributed by atoms with Crippen molar-refractivity contribution in [1.82, 2.24) is 24.8 Å². The van der Waals surface area contributed by atoms with E-state index >= 15 is 0 Å². The zero-order chi connectivity index (χ0) is 14.3. The highest BCUT2D eigenvalue weighted by molar-refractivity contribution is 5.18. The summed E-state index contributed by atoms with van der Waals surface area (Å²) in [6.45, 7) is 0.941. The molecule has 2 aromatic heterocycles. The summed E-state index contributed by atoms with van der Waals surface area (Å²) in [5.74, 6) is -2.92. The molecule has 1 aliphatic carbocycles. The van der Waals surface area contributed by atoms with E-state index in [-0.39, 0.29) is 23.8 Å². The van der Waals surface area contributed by atoms with Gasteiger partial charge in [-0.3, -0.25) is 4.98 Å². The summed E-state index contributed by atoms with van der Waals surface area (Å²) in [6.07, 6.45) is 3.00. The fraction of sp³-hybridized carbons (Fsp3) is 0.500. The molecule has 2 heterocycles. The average molecular weight is 281 g/mol. The number of alkyl halides is 2. The van der Waals surface area contributed by atoms with Gasteiger partial charge < -0.3 is 0 Å². The first-order valence-corrected chi connectivity index (χ1v) is 6.30. The first-order valence-electron chi connectivity index (χ1n) is 6.30. The summed E-state index contributed by atoms with van der Waals surface area (Å²) < 4.78 is 28.7. The van der Waals surface area contributed by atoms with Crippen LogP contribution in [0.1, 0.15) is 37.1 Å². The van der Waals surface area contributed by atoms with E-state index < -0.39 is 5.92 Å². The Morgan fingerprint density at radius 2 is 2.10 bits per heavy atom. The van der Waals surface area contributed by atoms with Gasteiger partial charge in [0.15, 0.2) is 0 Å². The van der Waals surface area contributed by atoms with E-state index in [1.165, 1.54) is 21.5 Å². The predicted octanol–water partition coefficient (Wildman–Crippen LogP) is 1.33. The first-order chi connectivity index (χ1) is 9.45. The topological polar surface area (TPSA) is 65.6 Å². The van der Waals surface area contributed by atoms with E-state index in [0.29, 0.717) is 5.69 Å². The van der Waals surface area contributed by atoms with Crippen LogP contribution in [0.25, 0.3) is 0 Å². The molecule has 0 aliphatic heterocycles. The molecule has 1 aliphatic rings. The zero-order valence-electron chi connectivity index (χ0n) is 10.8. The molecule has 0 aromatic carbocycles. The quantitative estimate of drug-likeness (QED) is 0.848. The highest BCUT2D eigenvalue weighted by Crippen LogP contribution is 2.32. The van der Waals surface area contributed by atoms with Gasteiger partial charge >= 0.3 is 5.69 Å². The van der Waals surface area contributed by atoms with Gasteiger partial charge in [-0.1, -0.05) is 0 Å². The van der Waals surface area contributed by atoms with Gasteiger partial charge in [0.1, 0.15) is 0 Å². The van der Waals surface area contributed by atoms with Crippen LogP contribution in [0.3, 0.4) is 0 Å². The van der Waals surface area contributed by atoms with Gasteiger partial charge in [0.2, 0.25) is 0 Å². The number of aromatic nitrogens is 5. The Hall–Kier alpha value is -2.12. The Morgan fingerprint density at radius 1 is 1.35 bits per heavy atom. The first kappa shape index (κ1) is 12.9. The van der Waals surface area contributed by atoms with E-state index in [4.69, 9.17) is 0 Å². The summed E-state index contributed by atoms with van der Waals surface area (Å²) in [5.41, 5.74) is 0.0392. The second-order valence-corrected chi connectivity index (χ2v) is 5.02. The van der Waals surface area contributed by atoms with Crippen molar-refractivity contribution < 1.29 is 8.78 Å². The summed E-state index contributed by atoms with van der Waals surface area (Å²) in [4.78, 5) is 15.9. The van der Waals surface area contributed by atoms with Gasteiger partial charge in [0, 0.05) is 18.7 Å². The Labute approximate surface area is 113 Å². The van der Waals surface area contributed by atoms with Crippen molar-refractivity contribution >= 4 is 0 Å². The van der Waals surface area contributed by atoms with E-state index in [2.05, 4.69) is 15.4 Å².